The maximum Gasteiger partial charge on any atom is 0.308 e. The van der Waals surface area contributed by atoms with Gasteiger partial charge in [-0.15, -0.1) is 11.8 Å². The minimum absolute atomic E-state index is 0. The van der Waals surface area contributed by atoms with Crippen molar-refractivity contribution in [2.75, 3.05) is 18.6 Å². The van der Waals surface area contributed by atoms with E-state index in [0.717, 1.165) is 16.1 Å². The summed E-state index contributed by atoms with van der Waals surface area (Å²) in [6.07, 6.45) is 2.66. The molecule has 3 nitrogen and oxygen atoms in total. The number of esters is 1. The van der Waals surface area contributed by atoms with Crippen LogP contribution in [0.3, 0.4) is 0 Å². The number of hydrogen-bond donors (Lipinski definition) is 1. The summed E-state index contributed by atoms with van der Waals surface area (Å²) in [7, 11) is 0. The Hall–Kier alpha value is -1.16. The van der Waals surface area contributed by atoms with Gasteiger partial charge in [0.25, 0.3) is 0 Å². The molecule has 4 heteroatoms. The first-order valence-electron chi connectivity index (χ1n) is 6.67. The van der Waals surface area contributed by atoms with E-state index in [1.54, 1.807) is 11.8 Å². The fourth-order valence-corrected chi connectivity index (χ4v) is 2.13. The molecule has 1 aromatic rings. The molecule has 2 N–H and O–H groups in total. The van der Waals surface area contributed by atoms with Crippen LogP contribution in [0.25, 0.3) is 0 Å². The molecule has 0 bridgehead atoms. The number of carbonyl (C=O) groups excluding carboxylic acids is 1. The molecule has 1 aromatic carbocycles. The van der Waals surface area contributed by atoms with E-state index >= 15 is 0 Å². The third-order valence-electron chi connectivity index (χ3n) is 2.52. The molecule has 0 saturated heterocycles. The lowest BCUT2D eigenvalue weighted by atomic mass is 10.0. The van der Waals surface area contributed by atoms with Crippen LogP contribution >= 0.6 is 11.8 Å². The second-order valence-corrected chi connectivity index (χ2v) is 4.78. The van der Waals surface area contributed by atoms with Gasteiger partial charge in [-0.05, 0) is 37.3 Å². The number of carbonyl (C=O) groups is 1. The van der Waals surface area contributed by atoms with E-state index in [9.17, 15) is 4.79 Å². The van der Waals surface area contributed by atoms with Gasteiger partial charge in [-0.2, -0.15) is 0 Å². The van der Waals surface area contributed by atoms with Crippen LogP contribution < -0.4 is 5.73 Å². The van der Waals surface area contributed by atoms with Crippen molar-refractivity contribution in [1.82, 2.24) is 0 Å². The van der Waals surface area contributed by atoms with E-state index in [-0.39, 0.29) is 19.3 Å². The summed E-state index contributed by atoms with van der Waals surface area (Å²) in [4.78, 5) is 12.6. The van der Waals surface area contributed by atoms with Crippen molar-refractivity contribution in [3.05, 3.63) is 23.8 Å². The molecule has 0 radical (unpaired) electrons. The minimum atomic E-state index is -0.153. The van der Waals surface area contributed by atoms with Gasteiger partial charge in [0, 0.05) is 10.6 Å². The van der Waals surface area contributed by atoms with Crippen molar-refractivity contribution in [3.63, 3.8) is 0 Å². The van der Waals surface area contributed by atoms with Gasteiger partial charge in [-0.3, -0.25) is 4.79 Å². The average Bonchev–Trinajstić information content (AvgIpc) is 2.41. The number of anilines is 1. The molecule has 0 amide bonds. The highest BCUT2D eigenvalue weighted by Crippen LogP contribution is 2.24. The van der Waals surface area contributed by atoms with Gasteiger partial charge in [0.1, 0.15) is 0 Å². The highest BCUT2D eigenvalue weighted by atomic mass is 32.2. The SMILES string of the molecule is C.CC.CCOC(=O)C(C)Cc1ccc(SC)c(N)c1. The topological polar surface area (TPSA) is 52.3 Å². The first-order chi connectivity index (χ1) is 9.08. The van der Waals surface area contributed by atoms with Gasteiger partial charge in [-0.25, -0.2) is 0 Å². The van der Waals surface area contributed by atoms with E-state index in [1.807, 2.05) is 52.1 Å². The maximum atomic E-state index is 11.5. The van der Waals surface area contributed by atoms with Crippen molar-refractivity contribution < 1.29 is 9.53 Å². The molecule has 0 aromatic heterocycles. The first-order valence-corrected chi connectivity index (χ1v) is 7.90. The standard InChI is InChI=1S/C13H19NO2S.C2H6.CH4/c1-4-16-13(15)9(2)7-10-5-6-12(17-3)11(14)8-10;1-2;/h5-6,8-9H,4,7,14H2,1-3H3;1-2H3;1H4. The monoisotopic (exact) mass is 299 g/mol. The lowest BCUT2D eigenvalue weighted by Gasteiger charge is -2.11. The molecule has 116 valence electrons. The highest BCUT2D eigenvalue weighted by molar-refractivity contribution is 7.98. The molecular formula is C16H29NO2S. The summed E-state index contributed by atoms with van der Waals surface area (Å²) in [5.41, 5.74) is 7.75. The zero-order chi connectivity index (χ0) is 14.8. The number of ether oxygens (including phenoxy) is 1. The molecule has 0 spiro atoms. The Kier molecular flexibility index (Phi) is 12.3. The van der Waals surface area contributed by atoms with Crippen molar-refractivity contribution in [2.24, 2.45) is 5.92 Å². The summed E-state index contributed by atoms with van der Waals surface area (Å²) in [6, 6.07) is 5.94. The molecule has 1 atom stereocenters. The van der Waals surface area contributed by atoms with E-state index in [0.29, 0.717) is 13.0 Å². The second kappa shape index (κ2) is 11.6. The molecular weight excluding hydrogens is 270 g/mol. The van der Waals surface area contributed by atoms with Crippen molar-refractivity contribution in [3.8, 4) is 0 Å². The fraction of sp³-hybridized carbons (Fsp3) is 0.562. The third kappa shape index (κ3) is 6.85. The molecule has 0 aliphatic carbocycles. The molecule has 1 rings (SSSR count). The highest BCUT2D eigenvalue weighted by Gasteiger charge is 2.14. The first kappa shape index (κ1) is 21.1. The Labute approximate surface area is 128 Å². The Morgan fingerprint density at radius 2 is 2.00 bits per heavy atom. The van der Waals surface area contributed by atoms with Gasteiger partial charge in [0.2, 0.25) is 0 Å². The van der Waals surface area contributed by atoms with Crippen LogP contribution in [-0.4, -0.2) is 18.8 Å². The second-order valence-electron chi connectivity index (χ2n) is 3.93. The van der Waals surface area contributed by atoms with Crippen molar-refractivity contribution >= 4 is 23.4 Å². The lowest BCUT2D eigenvalue weighted by Crippen LogP contribution is -2.17. The average molecular weight is 299 g/mol. The fourth-order valence-electron chi connectivity index (χ4n) is 1.63. The number of hydrogen-bond acceptors (Lipinski definition) is 4. The summed E-state index contributed by atoms with van der Waals surface area (Å²) >= 11 is 1.62. The van der Waals surface area contributed by atoms with E-state index < -0.39 is 0 Å². The van der Waals surface area contributed by atoms with Crippen molar-refractivity contribution in [2.45, 2.75) is 46.4 Å². The lowest BCUT2D eigenvalue weighted by molar-refractivity contribution is -0.147. The van der Waals surface area contributed by atoms with Crippen LogP contribution in [0.4, 0.5) is 5.69 Å². The third-order valence-corrected chi connectivity index (χ3v) is 3.34. The largest absolute Gasteiger partial charge is 0.466 e. The molecule has 0 aliphatic rings. The molecule has 0 heterocycles. The maximum absolute atomic E-state index is 11.5. The zero-order valence-corrected chi connectivity index (χ0v) is 13.3. The van der Waals surface area contributed by atoms with Gasteiger partial charge in [0.15, 0.2) is 0 Å². The quantitative estimate of drug-likeness (QED) is 0.497. The van der Waals surface area contributed by atoms with Crippen LogP contribution in [-0.2, 0) is 16.0 Å². The number of rotatable bonds is 5. The molecule has 20 heavy (non-hydrogen) atoms. The Balaban J connectivity index is 0. The van der Waals surface area contributed by atoms with E-state index in [2.05, 4.69) is 0 Å². The Bertz CT molecular complexity index is 394. The Morgan fingerprint density at radius 3 is 2.45 bits per heavy atom. The van der Waals surface area contributed by atoms with Gasteiger partial charge in [0.05, 0.1) is 12.5 Å². The number of benzene rings is 1. The van der Waals surface area contributed by atoms with Crippen molar-refractivity contribution in [1.29, 1.82) is 0 Å². The van der Waals surface area contributed by atoms with E-state index in [4.69, 9.17) is 10.5 Å². The van der Waals surface area contributed by atoms with Gasteiger partial charge < -0.3 is 10.5 Å². The predicted molar refractivity (Wildman–Crippen MR) is 90.2 cm³/mol. The van der Waals surface area contributed by atoms with Crippen LogP contribution in [0.5, 0.6) is 0 Å². The summed E-state index contributed by atoms with van der Waals surface area (Å²) in [5.74, 6) is -0.283. The molecule has 0 fully saturated rings. The van der Waals surface area contributed by atoms with Crippen LogP contribution in [0.15, 0.2) is 23.1 Å². The summed E-state index contributed by atoms with van der Waals surface area (Å²) in [5, 5.41) is 0. The number of nitrogens with two attached hydrogens (primary N) is 1. The van der Waals surface area contributed by atoms with Gasteiger partial charge >= 0.3 is 5.97 Å². The van der Waals surface area contributed by atoms with Crippen LogP contribution in [0.1, 0.15) is 40.7 Å². The van der Waals surface area contributed by atoms with Crippen LogP contribution in [0.2, 0.25) is 0 Å². The molecule has 0 saturated carbocycles. The smallest absolute Gasteiger partial charge is 0.308 e. The zero-order valence-electron chi connectivity index (χ0n) is 12.5. The summed E-state index contributed by atoms with van der Waals surface area (Å²) < 4.78 is 4.98. The predicted octanol–water partition coefficient (Wildman–Crippen LogP) is 4.39. The summed E-state index contributed by atoms with van der Waals surface area (Å²) in [6.45, 7) is 8.11. The minimum Gasteiger partial charge on any atom is -0.466 e. The Morgan fingerprint density at radius 1 is 1.40 bits per heavy atom. The molecule has 0 aliphatic heterocycles. The van der Waals surface area contributed by atoms with E-state index in [1.165, 1.54) is 0 Å². The van der Waals surface area contributed by atoms with Crippen LogP contribution in [0, 0.1) is 5.92 Å². The normalized spacial score (nSPS) is 10.7. The van der Waals surface area contributed by atoms with Gasteiger partial charge in [-0.1, -0.05) is 34.3 Å². The number of thioether (sulfide) groups is 1. The molecule has 1 unspecified atom stereocenters. The number of nitrogen functional groups attached to an aromatic ring is 1.